The molecule has 1 aromatic rings. The second-order valence-corrected chi connectivity index (χ2v) is 10.9. The number of rotatable bonds is 4. The van der Waals surface area contributed by atoms with Crippen molar-refractivity contribution in [2.24, 2.45) is 59.2 Å². The van der Waals surface area contributed by atoms with Crippen LogP contribution in [0, 0.1) is 59.2 Å². The van der Waals surface area contributed by atoms with Crippen molar-refractivity contribution in [2.45, 2.75) is 25.7 Å². The summed E-state index contributed by atoms with van der Waals surface area (Å²) in [5.74, 6) is -5.86. The van der Waals surface area contributed by atoms with E-state index in [9.17, 15) is 28.8 Å². The van der Waals surface area contributed by atoms with Gasteiger partial charge in [0.05, 0.1) is 35.5 Å². The highest BCUT2D eigenvalue weighted by atomic mass is 16.6. The van der Waals surface area contributed by atoms with Crippen molar-refractivity contribution in [2.75, 3.05) is 0 Å². The number of benzene rings is 1. The molecule has 10 unspecified atom stereocenters. The van der Waals surface area contributed by atoms with Gasteiger partial charge in [-0.2, -0.15) is 0 Å². The Hall–Kier alpha value is -3.56. The van der Waals surface area contributed by atoms with E-state index in [0.717, 1.165) is 0 Å². The van der Waals surface area contributed by atoms with E-state index in [1.165, 1.54) is 24.3 Å². The van der Waals surface area contributed by atoms with Crippen molar-refractivity contribution >= 4 is 35.8 Å². The Bertz CT molecular complexity index is 1140. The van der Waals surface area contributed by atoms with E-state index in [4.69, 9.17) is 18.9 Å². The Morgan fingerprint density at radius 2 is 0.944 bits per heavy atom. The van der Waals surface area contributed by atoms with Gasteiger partial charge >= 0.3 is 35.8 Å². The molecule has 36 heavy (non-hydrogen) atoms. The van der Waals surface area contributed by atoms with Crippen molar-refractivity contribution in [3.63, 3.8) is 0 Å². The van der Waals surface area contributed by atoms with Crippen LogP contribution in [0.15, 0.2) is 24.3 Å². The average Bonchev–Trinajstić information content (AvgIpc) is 3.66. The summed E-state index contributed by atoms with van der Waals surface area (Å²) in [5, 5.41) is 0. The summed E-state index contributed by atoms with van der Waals surface area (Å²) in [6.45, 7) is 0. The number of cyclic esters (lactones) is 4. The SMILES string of the molecule is O=C(Oc1ccc(OC(=O)C2CC3CC2C2C(=O)OC(=O)C32)cc1)C1CC2CC1C1C(=O)OC(=O)C21. The molecule has 186 valence electrons. The monoisotopic (exact) mass is 494 g/mol. The fraction of sp³-hybridized carbons (Fsp3) is 0.538. The molecule has 1 aromatic carbocycles. The highest BCUT2D eigenvalue weighted by Crippen LogP contribution is 2.59. The molecule has 0 radical (unpaired) electrons. The maximum Gasteiger partial charge on any atom is 0.317 e. The third kappa shape index (κ3) is 2.96. The lowest BCUT2D eigenvalue weighted by atomic mass is 9.75. The smallest absolute Gasteiger partial charge is 0.317 e. The molecule has 7 rings (SSSR count). The molecule has 4 aliphatic carbocycles. The minimum absolute atomic E-state index is 0.0383. The molecule has 6 fully saturated rings. The zero-order valence-corrected chi connectivity index (χ0v) is 19.0. The molecule has 10 nitrogen and oxygen atoms in total. The van der Waals surface area contributed by atoms with E-state index in [1.807, 2.05) is 0 Å². The van der Waals surface area contributed by atoms with E-state index in [1.54, 1.807) is 0 Å². The first-order valence-electron chi connectivity index (χ1n) is 12.3. The predicted octanol–water partition coefficient (Wildman–Crippen LogP) is 1.44. The van der Waals surface area contributed by atoms with Gasteiger partial charge in [-0.3, -0.25) is 28.8 Å². The fourth-order valence-electron chi connectivity index (χ4n) is 8.01. The Morgan fingerprint density at radius 3 is 1.33 bits per heavy atom. The molecule has 2 aliphatic heterocycles. The van der Waals surface area contributed by atoms with Gasteiger partial charge in [0.25, 0.3) is 0 Å². The molecule has 0 amide bonds. The first kappa shape index (κ1) is 21.7. The van der Waals surface area contributed by atoms with Gasteiger partial charge < -0.3 is 18.9 Å². The van der Waals surface area contributed by atoms with Crippen LogP contribution in [0.5, 0.6) is 11.5 Å². The van der Waals surface area contributed by atoms with Crippen LogP contribution in [0.25, 0.3) is 0 Å². The zero-order chi connectivity index (χ0) is 24.9. The second kappa shape index (κ2) is 7.47. The second-order valence-electron chi connectivity index (χ2n) is 10.9. The van der Waals surface area contributed by atoms with Crippen LogP contribution in [-0.4, -0.2) is 35.8 Å². The molecular formula is C26H22O10. The summed E-state index contributed by atoms with van der Waals surface area (Å²) in [6.07, 6.45) is 2.27. The van der Waals surface area contributed by atoms with Crippen LogP contribution in [0.4, 0.5) is 0 Å². The lowest BCUT2D eigenvalue weighted by Gasteiger charge is -2.26. The van der Waals surface area contributed by atoms with Crippen LogP contribution in [-0.2, 0) is 38.2 Å². The van der Waals surface area contributed by atoms with Crippen molar-refractivity contribution in [1.82, 2.24) is 0 Å². The number of carbonyl (C=O) groups excluding carboxylic acids is 6. The number of carbonyl (C=O) groups is 6. The Labute approximate surface area is 204 Å². The third-order valence-corrected chi connectivity index (χ3v) is 9.37. The molecule has 0 spiro atoms. The van der Waals surface area contributed by atoms with Crippen LogP contribution in [0.1, 0.15) is 25.7 Å². The summed E-state index contributed by atoms with van der Waals surface area (Å²) in [6, 6.07) is 6.09. The summed E-state index contributed by atoms with van der Waals surface area (Å²) in [7, 11) is 0. The Kier molecular flexibility index (Phi) is 4.50. The summed E-state index contributed by atoms with van der Waals surface area (Å²) in [4.78, 5) is 73.6. The molecule has 10 heteroatoms. The quantitative estimate of drug-likeness (QED) is 0.343. The van der Waals surface area contributed by atoms with Gasteiger partial charge in [-0.1, -0.05) is 0 Å². The maximum atomic E-state index is 12.8. The van der Waals surface area contributed by atoms with Gasteiger partial charge in [0, 0.05) is 0 Å². The van der Waals surface area contributed by atoms with Crippen LogP contribution in [0.2, 0.25) is 0 Å². The van der Waals surface area contributed by atoms with Crippen molar-refractivity contribution in [3.8, 4) is 11.5 Å². The number of esters is 6. The lowest BCUT2D eigenvalue weighted by Crippen LogP contribution is -2.36. The minimum atomic E-state index is -0.555. The molecule has 2 saturated heterocycles. The number of fused-ring (bicyclic) bond motifs is 10. The average molecular weight is 494 g/mol. The van der Waals surface area contributed by atoms with E-state index >= 15 is 0 Å². The number of ether oxygens (including phenoxy) is 4. The van der Waals surface area contributed by atoms with Crippen LogP contribution < -0.4 is 9.47 Å². The van der Waals surface area contributed by atoms with E-state index in [0.29, 0.717) is 25.7 Å². The topological polar surface area (TPSA) is 139 Å². The van der Waals surface area contributed by atoms with Crippen molar-refractivity contribution < 1.29 is 47.7 Å². The fourth-order valence-corrected chi connectivity index (χ4v) is 8.01. The summed E-state index contributed by atoms with van der Waals surface area (Å²) in [5.41, 5.74) is 0. The van der Waals surface area contributed by atoms with Crippen molar-refractivity contribution in [3.05, 3.63) is 24.3 Å². The van der Waals surface area contributed by atoms with E-state index < -0.39 is 71.3 Å². The molecular weight excluding hydrogens is 472 g/mol. The molecule has 6 aliphatic rings. The van der Waals surface area contributed by atoms with Crippen LogP contribution in [0.3, 0.4) is 0 Å². The molecule has 2 heterocycles. The van der Waals surface area contributed by atoms with Gasteiger partial charge in [-0.05, 0) is 73.6 Å². The van der Waals surface area contributed by atoms with Gasteiger partial charge in [0.15, 0.2) is 0 Å². The molecule has 0 aromatic heterocycles. The highest BCUT2D eigenvalue weighted by Gasteiger charge is 2.65. The molecule has 4 saturated carbocycles. The number of hydrogen-bond acceptors (Lipinski definition) is 10. The van der Waals surface area contributed by atoms with Gasteiger partial charge in [-0.25, -0.2) is 0 Å². The molecule has 0 N–H and O–H groups in total. The standard InChI is InChI=1S/C26H22O10/c27-21(15-7-9-5-13(15)19-17(9)23(29)35-25(19)31)33-11-1-2-12(4-3-11)34-22(28)16-8-10-6-14(16)20-18(10)24(30)36-26(20)32/h1-4,9-10,13-20H,5-8H2. The van der Waals surface area contributed by atoms with Gasteiger partial charge in [0.2, 0.25) is 0 Å². The summed E-state index contributed by atoms with van der Waals surface area (Å²) >= 11 is 0. The first-order chi connectivity index (χ1) is 17.3. The van der Waals surface area contributed by atoms with E-state index in [-0.39, 0.29) is 35.2 Å². The van der Waals surface area contributed by atoms with Crippen molar-refractivity contribution in [1.29, 1.82) is 0 Å². The highest BCUT2D eigenvalue weighted by molar-refractivity contribution is 5.99. The zero-order valence-electron chi connectivity index (χ0n) is 19.0. The van der Waals surface area contributed by atoms with Crippen LogP contribution >= 0.6 is 0 Å². The third-order valence-electron chi connectivity index (χ3n) is 9.37. The summed E-state index contributed by atoms with van der Waals surface area (Å²) < 4.78 is 20.6. The Balaban J connectivity index is 0.973. The normalized spacial score (nSPS) is 41.2. The predicted molar refractivity (Wildman–Crippen MR) is 113 cm³/mol. The van der Waals surface area contributed by atoms with E-state index in [2.05, 4.69) is 0 Å². The van der Waals surface area contributed by atoms with Gasteiger partial charge in [0.1, 0.15) is 11.5 Å². The molecule has 4 bridgehead atoms. The number of hydrogen-bond donors (Lipinski definition) is 0. The maximum absolute atomic E-state index is 12.8. The largest absolute Gasteiger partial charge is 0.426 e. The lowest BCUT2D eigenvalue weighted by molar-refractivity contribution is -0.156. The Morgan fingerprint density at radius 1 is 0.583 bits per heavy atom. The minimum Gasteiger partial charge on any atom is -0.426 e. The molecule has 10 atom stereocenters. The first-order valence-corrected chi connectivity index (χ1v) is 12.3. The van der Waals surface area contributed by atoms with Gasteiger partial charge in [-0.15, -0.1) is 0 Å².